The molecule has 1 aliphatic carbocycles. The summed E-state index contributed by atoms with van der Waals surface area (Å²) in [5, 5.41) is 6.77. The van der Waals surface area contributed by atoms with Crippen molar-refractivity contribution in [3.8, 4) is 11.5 Å². The lowest BCUT2D eigenvalue weighted by Crippen LogP contribution is -2.32. The van der Waals surface area contributed by atoms with E-state index in [1.165, 1.54) is 36.8 Å². The number of halogens is 2. The third-order valence-corrected chi connectivity index (χ3v) is 8.06. The molecule has 4 rings (SSSR count). The topological polar surface area (TPSA) is 115 Å². The maximum atomic E-state index is 13.2. The molecule has 0 saturated heterocycles. The van der Waals surface area contributed by atoms with E-state index in [0.717, 1.165) is 48.1 Å². The number of thiophene rings is 1. The largest absolute Gasteiger partial charge is 0.493 e. The lowest BCUT2D eigenvalue weighted by atomic mass is 10.1. The van der Waals surface area contributed by atoms with Gasteiger partial charge in [0.2, 0.25) is 0 Å². The van der Waals surface area contributed by atoms with Crippen molar-refractivity contribution >= 4 is 56.3 Å². The van der Waals surface area contributed by atoms with Crippen LogP contribution in [0.2, 0.25) is 0 Å². The van der Waals surface area contributed by atoms with E-state index in [0.29, 0.717) is 32.1 Å². The molecule has 9 nitrogen and oxygen atoms in total. The van der Waals surface area contributed by atoms with Crippen LogP contribution >= 0.6 is 27.3 Å². The zero-order valence-electron chi connectivity index (χ0n) is 22.6. The minimum Gasteiger partial charge on any atom is -0.493 e. The summed E-state index contributed by atoms with van der Waals surface area (Å²) in [6, 6.07) is 9.30. The number of esters is 1. The Morgan fingerprint density at radius 2 is 1.85 bits per heavy atom. The second-order valence-corrected chi connectivity index (χ2v) is 11.1. The molecule has 1 aromatic heterocycles. The summed E-state index contributed by atoms with van der Waals surface area (Å²) < 4.78 is 30.2. The Kier molecular flexibility index (Phi) is 10.5. The minimum atomic E-state index is -0.995. The van der Waals surface area contributed by atoms with Gasteiger partial charge in [0, 0.05) is 4.88 Å². The van der Waals surface area contributed by atoms with Crippen molar-refractivity contribution in [3.63, 3.8) is 0 Å². The lowest BCUT2D eigenvalue weighted by Gasteiger charge is -2.13. The Bertz CT molecular complexity index is 1460. The van der Waals surface area contributed by atoms with E-state index in [-0.39, 0.29) is 19.0 Å². The van der Waals surface area contributed by atoms with Crippen LogP contribution in [-0.4, -0.2) is 37.7 Å². The number of methoxy groups -OCH3 is 1. The normalized spacial score (nSPS) is 12.8. The van der Waals surface area contributed by atoms with Gasteiger partial charge in [-0.2, -0.15) is 5.10 Å². The second kappa shape index (κ2) is 14.2. The van der Waals surface area contributed by atoms with Gasteiger partial charge in [-0.05, 0) is 89.5 Å². The Labute approximate surface area is 249 Å². The smallest absolute Gasteiger partial charge is 0.341 e. The Balaban J connectivity index is 1.41. The molecule has 216 valence electrons. The van der Waals surface area contributed by atoms with Crippen molar-refractivity contribution in [2.24, 2.45) is 5.10 Å². The van der Waals surface area contributed by atoms with Crippen molar-refractivity contribution in [3.05, 3.63) is 73.8 Å². The number of hydrogen-bond acceptors (Lipinski definition) is 8. The van der Waals surface area contributed by atoms with E-state index in [1.54, 1.807) is 31.2 Å². The van der Waals surface area contributed by atoms with Gasteiger partial charge in [0.1, 0.15) is 17.4 Å². The quantitative estimate of drug-likeness (QED) is 0.100. The Hall–Kier alpha value is -3.77. The van der Waals surface area contributed by atoms with Crippen LogP contribution in [0.4, 0.5) is 9.39 Å². The third kappa shape index (κ3) is 7.70. The van der Waals surface area contributed by atoms with Crippen molar-refractivity contribution in [1.82, 2.24) is 5.43 Å². The van der Waals surface area contributed by atoms with Gasteiger partial charge in [0.25, 0.3) is 0 Å². The molecule has 2 N–H and O–H groups in total. The summed E-state index contributed by atoms with van der Waals surface area (Å²) >= 11 is 4.76. The standard InChI is InChI=1S/C29H29BrFN3O6S/c1-3-39-29(37)24-20-7-5-4-6-8-23(20)41-28(24)33-26(35)27(36)34-32-15-18-13-21(30)25(22(14-18)38-2)40-16-17-9-11-19(31)12-10-17/h9-15H,3-8,16H2,1-2H3,(H,33,35)(H,34,36)/b32-15+. The third-order valence-electron chi connectivity index (χ3n) is 6.26. The summed E-state index contributed by atoms with van der Waals surface area (Å²) in [6.07, 6.45) is 5.90. The molecule has 1 heterocycles. The predicted molar refractivity (Wildman–Crippen MR) is 157 cm³/mol. The molecule has 12 heteroatoms. The van der Waals surface area contributed by atoms with Gasteiger partial charge < -0.3 is 19.5 Å². The van der Waals surface area contributed by atoms with E-state index < -0.39 is 17.8 Å². The highest BCUT2D eigenvalue weighted by Crippen LogP contribution is 2.38. The first-order chi connectivity index (χ1) is 19.8. The summed E-state index contributed by atoms with van der Waals surface area (Å²) in [6.45, 7) is 2.11. The van der Waals surface area contributed by atoms with Gasteiger partial charge in [-0.1, -0.05) is 18.6 Å². The number of aryl methyl sites for hydroxylation is 1. The maximum absolute atomic E-state index is 13.2. The molecule has 0 aliphatic heterocycles. The molecule has 3 aromatic rings. The van der Waals surface area contributed by atoms with E-state index >= 15 is 0 Å². The number of hydrazone groups is 1. The SMILES string of the molecule is CCOC(=O)c1c(NC(=O)C(=O)N/N=C/c2cc(Br)c(OCc3ccc(F)cc3)c(OC)c2)sc2c1CCCCC2. The van der Waals surface area contributed by atoms with E-state index in [1.807, 2.05) is 0 Å². The number of nitrogens with one attached hydrogen (secondary N) is 2. The molecule has 1 aliphatic rings. The molecule has 0 unspecified atom stereocenters. The van der Waals surface area contributed by atoms with Gasteiger partial charge in [-0.15, -0.1) is 11.3 Å². The van der Waals surface area contributed by atoms with Crippen LogP contribution in [0.1, 0.15) is 58.1 Å². The van der Waals surface area contributed by atoms with Crippen molar-refractivity contribution < 1.29 is 33.0 Å². The number of carbonyl (C=O) groups excluding carboxylic acids is 3. The maximum Gasteiger partial charge on any atom is 0.341 e. The fourth-order valence-electron chi connectivity index (χ4n) is 4.32. The zero-order chi connectivity index (χ0) is 29.4. The van der Waals surface area contributed by atoms with Gasteiger partial charge in [-0.3, -0.25) is 9.59 Å². The molecular weight excluding hydrogens is 617 g/mol. The number of rotatable bonds is 9. The first kappa shape index (κ1) is 30.2. The molecule has 0 saturated carbocycles. The molecule has 0 bridgehead atoms. The van der Waals surface area contributed by atoms with Crippen LogP contribution in [0.25, 0.3) is 0 Å². The highest BCUT2D eigenvalue weighted by atomic mass is 79.9. The van der Waals surface area contributed by atoms with Gasteiger partial charge in [-0.25, -0.2) is 14.6 Å². The van der Waals surface area contributed by atoms with Crippen LogP contribution in [0.15, 0.2) is 46.0 Å². The Morgan fingerprint density at radius 1 is 1.10 bits per heavy atom. The summed E-state index contributed by atoms with van der Waals surface area (Å²) in [5.74, 6) is -1.95. The van der Waals surface area contributed by atoms with Crippen LogP contribution in [0.3, 0.4) is 0 Å². The van der Waals surface area contributed by atoms with Crippen LogP contribution in [0, 0.1) is 5.82 Å². The first-order valence-electron chi connectivity index (χ1n) is 13.0. The number of benzene rings is 2. The van der Waals surface area contributed by atoms with E-state index in [4.69, 9.17) is 14.2 Å². The highest BCUT2D eigenvalue weighted by Gasteiger charge is 2.28. The van der Waals surface area contributed by atoms with Crippen LogP contribution in [0.5, 0.6) is 11.5 Å². The number of fused-ring (bicyclic) bond motifs is 1. The second-order valence-electron chi connectivity index (χ2n) is 9.09. The average molecular weight is 647 g/mol. The molecule has 2 aromatic carbocycles. The summed E-state index contributed by atoms with van der Waals surface area (Å²) in [7, 11) is 1.48. The van der Waals surface area contributed by atoms with E-state index in [2.05, 4.69) is 31.8 Å². The van der Waals surface area contributed by atoms with Crippen molar-refractivity contribution in [2.75, 3.05) is 19.0 Å². The fraction of sp³-hybridized carbons (Fsp3) is 0.310. The van der Waals surface area contributed by atoms with Gasteiger partial charge in [0.15, 0.2) is 11.5 Å². The van der Waals surface area contributed by atoms with Crippen LogP contribution < -0.4 is 20.2 Å². The monoisotopic (exact) mass is 645 g/mol. The average Bonchev–Trinajstić information content (AvgIpc) is 3.12. The fourth-order valence-corrected chi connectivity index (χ4v) is 6.16. The summed E-state index contributed by atoms with van der Waals surface area (Å²) in [5.41, 5.74) is 4.76. The number of nitrogens with zero attached hydrogens (tertiary/aromatic N) is 1. The van der Waals surface area contributed by atoms with Crippen molar-refractivity contribution in [1.29, 1.82) is 0 Å². The molecular formula is C29H29BrFN3O6S. The highest BCUT2D eigenvalue weighted by molar-refractivity contribution is 9.10. The molecule has 0 spiro atoms. The summed E-state index contributed by atoms with van der Waals surface area (Å²) in [4.78, 5) is 38.9. The van der Waals surface area contributed by atoms with Crippen LogP contribution in [-0.2, 0) is 33.8 Å². The van der Waals surface area contributed by atoms with Gasteiger partial charge in [0.05, 0.1) is 30.0 Å². The van der Waals surface area contributed by atoms with Crippen molar-refractivity contribution in [2.45, 2.75) is 45.6 Å². The Morgan fingerprint density at radius 3 is 2.59 bits per heavy atom. The number of amides is 2. The number of anilines is 1. The molecule has 0 atom stereocenters. The molecule has 0 radical (unpaired) electrons. The van der Waals surface area contributed by atoms with E-state index in [9.17, 15) is 18.8 Å². The van der Waals surface area contributed by atoms with Gasteiger partial charge >= 0.3 is 17.8 Å². The number of hydrogen-bond donors (Lipinski definition) is 2. The lowest BCUT2D eigenvalue weighted by molar-refractivity contribution is -0.136. The molecule has 41 heavy (non-hydrogen) atoms. The molecule has 2 amide bonds. The number of carbonyl (C=O) groups is 3. The minimum absolute atomic E-state index is 0.193. The first-order valence-corrected chi connectivity index (χ1v) is 14.6. The zero-order valence-corrected chi connectivity index (χ0v) is 25.0. The number of ether oxygens (including phenoxy) is 3. The molecule has 0 fully saturated rings. The predicted octanol–water partition coefficient (Wildman–Crippen LogP) is 5.77.